The number of carbonyl (C=O) groups excluding carboxylic acids is 2. The van der Waals surface area contributed by atoms with Crippen LogP contribution in [0.4, 0.5) is 10.5 Å². The number of nitrogens with two attached hydrogens (primary N) is 1. The fraction of sp³-hybridized carbons (Fsp3) is 0.500. The number of hydrogen-bond donors (Lipinski definition) is 2. The molecule has 3 amide bonds. The number of nitrogens with one attached hydrogen (secondary N) is 1. The first-order chi connectivity index (χ1) is 10.7. The van der Waals surface area contributed by atoms with Crippen LogP contribution in [0.25, 0.3) is 0 Å². The van der Waals surface area contributed by atoms with Crippen molar-refractivity contribution in [2.45, 2.75) is 13.8 Å². The van der Waals surface area contributed by atoms with Gasteiger partial charge in [0.25, 0.3) is 5.91 Å². The smallest absolute Gasteiger partial charge is 0.322 e. The van der Waals surface area contributed by atoms with Crippen molar-refractivity contribution in [3.05, 3.63) is 28.8 Å². The number of urea groups is 1. The van der Waals surface area contributed by atoms with Crippen molar-refractivity contribution >= 4 is 29.2 Å². The highest BCUT2D eigenvalue weighted by molar-refractivity contribution is 6.34. The molecule has 2 rings (SSSR count). The van der Waals surface area contributed by atoms with E-state index in [-0.39, 0.29) is 17.4 Å². The molecular formula is C16H23ClN4O2. The number of amides is 3. The molecule has 126 valence electrons. The van der Waals surface area contributed by atoms with Crippen molar-refractivity contribution in [2.24, 2.45) is 11.1 Å². The molecule has 0 aliphatic carbocycles. The predicted molar refractivity (Wildman–Crippen MR) is 92.0 cm³/mol. The zero-order chi connectivity index (χ0) is 17.2. The van der Waals surface area contributed by atoms with E-state index < -0.39 is 0 Å². The Bertz CT molecular complexity index is 618. The first-order valence-electron chi connectivity index (χ1n) is 7.55. The third-order valence-corrected chi connectivity index (χ3v) is 4.22. The highest BCUT2D eigenvalue weighted by Gasteiger charge is 2.26. The highest BCUT2D eigenvalue weighted by Crippen LogP contribution is 2.29. The Hall–Kier alpha value is -1.79. The SMILES string of the molecule is CN(CC(C)(C)CN)C(=O)c1ccc(Cl)c(N2CCNC2=O)c1. The van der Waals surface area contributed by atoms with E-state index in [1.165, 1.54) is 0 Å². The van der Waals surface area contributed by atoms with E-state index in [1.54, 1.807) is 35.0 Å². The summed E-state index contributed by atoms with van der Waals surface area (Å²) in [4.78, 5) is 27.6. The summed E-state index contributed by atoms with van der Waals surface area (Å²) >= 11 is 6.19. The number of hydrogen-bond acceptors (Lipinski definition) is 3. The average molecular weight is 339 g/mol. The molecule has 0 bridgehead atoms. The zero-order valence-corrected chi connectivity index (χ0v) is 14.5. The van der Waals surface area contributed by atoms with Crippen molar-refractivity contribution in [3.8, 4) is 0 Å². The monoisotopic (exact) mass is 338 g/mol. The minimum atomic E-state index is -0.200. The molecule has 0 aromatic heterocycles. The Balaban J connectivity index is 2.23. The Morgan fingerprint density at radius 1 is 1.48 bits per heavy atom. The second-order valence-electron chi connectivity index (χ2n) is 6.58. The first kappa shape index (κ1) is 17.6. The average Bonchev–Trinajstić information content (AvgIpc) is 2.92. The summed E-state index contributed by atoms with van der Waals surface area (Å²) in [5.41, 5.74) is 6.62. The van der Waals surface area contributed by atoms with Gasteiger partial charge in [-0.15, -0.1) is 0 Å². The third-order valence-electron chi connectivity index (χ3n) is 3.91. The molecular weight excluding hydrogens is 316 g/mol. The summed E-state index contributed by atoms with van der Waals surface area (Å²) < 4.78 is 0. The van der Waals surface area contributed by atoms with Gasteiger partial charge in [-0.05, 0) is 30.2 Å². The fourth-order valence-electron chi connectivity index (χ4n) is 2.55. The quantitative estimate of drug-likeness (QED) is 0.861. The van der Waals surface area contributed by atoms with Gasteiger partial charge in [-0.25, -0.2) is 4.79 Å². The maximum Gasteiger partial charge on any atom is 0.322 e. The molecule has 1 heterocycles. The third kappa shape index (κ3) is 3.95. The molecule has 1 aliphatic rings. The second-order valence-corrected chi connectivity index (χ2v) is 6.99. The Morgan fingerprint density at radius 2 is 2.17 bits per heavy atom. The van der Waals surface area contributed by atoms with Gasteiger partial charge in [0.2, 0.25) is 0 Å². The van der Waals surface area contributed by atoms with E-state index in [1.807, 2.05) is 13.8 Å². The minimum Gasteiger partial charge on any atom is -0.341 e. The molecule has 23 heavy (non-hydrogen) atoms. The van der Waals surface area contributed by atoms with E-state index >= 15 is 0 Å². The van der Waals surface area contributed by atoms with Crippen LogP contribution >= 0.6 is 11.6 Å². The normalized spacial score (nSPS) is 14.8. The van der Waals surface area contributed by atoms with Crippen LogP contribution in [0.2, 0.25) is 5.02 Å². The lowest BCUT2D eigenvalue weighted by Gasteiger charge is -2.29. The van der Waals surface area contributed by atoms with Gasteiger partial charge in [0, 0.05) is 32.2 Å². The Labute approximate surface area is 141 Å². The van der Waals surface area contributed by atoms with Gasteiger partial charge in [0.05, 0.1) is 10.7 Å². The van der Waals surface area contributed by atoms with Crippen molar-refractivity contribution in [1.82, 2.24) is 10.2 Å². The molecule has 0 radical (unpaired) electrons. The van der Waals surface area contributed by atoms with Crippen LogP contribution in [-0.4, -0.2) is 50.1 Å². The molecule has 0 spiro atoms. The number of carbonyl (C=O) groups is 2. The van der Waals surface area contributed by atoms with Crippen molar-refractivity contribution in [3.63, 3.8) is 0 Å². The summed E-state index contributed by atoms with van der Waals surface area (Å²) in [5.74, 6) is -0.121. The number of halogens is 1. The Morgan fingerprint density at radius 3 is 2.74 bits per heavy atom. The molecule has 3 N–H and O–H groups in total. The molecule has 6 nitrogen and oxygen atoms in total. The van der Waals surface area contributed by atoms with E-state index in [0.717, 1.165) is 0 Å². The number of benzene rings is 1. The summed E-state index contributed by atoms with van der Waals surface area (Å²) in [5, 5.41) is 3.17. The van der Waals surface area contributed by atoms with Crippen LogP contribution in [0, 0.1) is 5.41 Å². The van der Waals surface area contributed by atoms with Crippen molar-refractivity contribution in [2.75, 3.05) is 38.1 Å². The minimum absolute atomic E-state index is 0.121. The van der Waals surface area contributed by atoms with Gasteiger partial charge in [-0.3, -0.25) is 9.69 Å². The molecule has 0 atom stereocenters. The summed E-state index contributed by atoms with van der Waals surface area (Å²) in [6, 6.07) is 4.79. The maximum absolute atomic E-state index is 12.6. The van der Waals surface area contributed by atoms with Gasteiger partial charge in [-0.2, -0.15) is 0 Å². The summed E-state index contributed by atoms with van der Waals surface area (Å²) in [6.07, 6.45) is 0. The van der Waals surface area contributed by atoms with Gasteiger partial charge in [-0.1, -0.05) is 25.4 Å². The van der Waals surface area contributed by atoms with Crippen LogP contribution in [0.5, 0.6) is 0 Å². The second kappa shape index (κ2) is 6.76. The fourth-order valence-corrected chi connectivity index (χ4v) is 2.77. The summed E-state index contributed by atoms with van der Waals surface area (Å²) in [7, 11) is 1.75. The summed E-state index contributed by atoms with van der Waals surface area (Å²) in [6.45, 7) is 6.16. The van der Waals surface area contributed by atoms with E-state index in [4.69, 9.17) is 17.3 Å². The van der Waals surface area contributed by atoms with Gasteiger partial charge >= 0.3 is 6.03 Å². The van der Waals surface area contributed by atoms with Crippen molar-refractivity contribution < 1.29 is 9.59 Å². The van der Waals surface area contributed by atoms with Gasteiger partial charge < -0.3 is 16.0 Å². The highest BCUT2D eigenvalue weighted by atomic mass is 35.5. The lowest BCUT2D eigenvalue weighted by molar-refractivity contribution is 0.0740. The van der Waals surface area contributed by atoms with E-state index in [2.05, 4.69) is 5.32 Å². The zero-order valence-electron chi connectivity index (χ0n) is 13.7. The molecule has 1 aromatic carbocycles. The maximum atomic E-state index is 12.6. The van der Waals surface area contributed by atoms with Crippen molar-refractivity contribution in [1.29, 1.82) is 0 Å². The van der Waals surface area contributed by atoms with E-state index in [0.29, 0.717) is 42.5 Å². The standard InChI is InChI=1S/C16H23ClN4O2/c1-16(2,9-18)10-20(3)14(22)11-4-5-12(17)13(8-11)21-7-6-19-15(21)23/h4-5,8H,6-7,9-10,18H2,1-3H3,(H,19,23). The first-order valence-corrected chi connectivity index (χ1v) is 7.93. The molecule has 0 unspecified atom stereocenters. The molecule has 1 saturated heterocycles. The largest absolute Gasteiger partial charge is 0.341 e. The molecule has 1 aliphatic heterocycles. The van der Waals surface area contributed by atoms with Crippen LogP contribution < -0.4 is 16.0 Å². The number of anilines is 1. The van der Waals surface area contributed by atoms with Crippen LogP contribution in [-0.2, 0) is 0 Å². The van der Waals surface area contributed by atoms with Crippen LogP contribution in [0.3, 0.4) is 0 Å². The van der Waals surface area contributed by atoms with Crippen LogP contribution in [0.15, 0.2) is 18.2 Å². The topological polar surface area (TPSA) is 78.7 Å². The lowest BCUT2D eigenvalue weighted by atomic mass is 9.93. The predicted octanol–water partition coefficient (Wildman–Crippen LogP) is 1.93. The van der Waals surface area contributed by atoms with Gasteiger partial charge in [0.1, 0.15) is 0 Å². The van der Waals surface area contributed by atoms with E-state index in [9.17, 15) is 9.59 Å². The molecule has 1 fully saturated rings. The number of rotatable bonds is 5. The number of nitrogens with zero attached hydrogens (tertiary/aromatic N) is 2. The molecule has 1 aromatic rings. The lowest BCUT2D eigenvalue weighted by Crippen LogP contribution is -2.39. The molecule has 7 heteroatoms. The molecule has 0 saturated carbocycles. The van der Waals surface area contributed by atoms with Gasteiger partial charge in [0.15, 0.2) is 0 Å². The Kier molecular flexibility index (Phi) is 5.16. The van der Waals surface area contributed by atoms with Crippen LogP contribution in [0.1, 0.15) is 24.2 Å².